The second kappa shape index (κ2) is 6.38. The summed E-state index contributed by atoms with van der Waals surface area (Å²) in [4.78, 5) is 4.20. The Morgan fingerprint density at radius 3 is 2.89 bits per heavy atom. The molecule has 0 amide bonds. The molecule has 0 atom stereocenters. The van der Waals surface area contributed by atoms with Crippen LogP contribution in [0.25, 0.3) is 0 Å². The van der Waals surface area contributed by atoms with Gasteiger partial charge in [0.25, 0.3) is 0 Å². The number of hydrogen-bond donors (Lipinski definition) is 2. The highest BCUT2D eigenvalue weighted by Gasteiger charge is 2.03. The van der Waals surface area contributed by atoms with Crippen LogP contribution in [0.1, 0.15) is 13.3 Å². The van der Waals surface area contributed by atoms with E-state index in [1.807, 2.05) is 6.07 Å². The molecule has 0 aliphatic rings. The minimum Gasteiger partial charge on any atom is -0.370 e. The van der Waals surface area contributed by atoms with Crippen molar-refractivity contribution in [3.63, 3.8) is 0 Å². The van der Waals surface area contributed by atoms with Gasteiger partial charge in [-0.15, -0.1) is 0 Å². The highest BCUT2D eigenvalue weighted by molar-refractivity contribution is 6.33. The molecule has 0 radical (unpaired) electrons. The van der Waals surface area contributed by atoms with E-state index in [1.54, 1.807) is 12.3 Å². The predicted octanol–water partition coefficient (Wildman–Crippen LogP) is 4.44. The maximum Gasteiger partial charge on any atom is 0.127 e. The van der Waals surface area contributed by atoms with Gasteiger partial charge in [-0.1, -0.05) is 18.5 Å². The Bertz CT molecular complexity index is 560. The summed E-state index contributed by atoms with van der Waals surface area (Å²) in [6.45, 7) is 2.94. The molecule has 1 aromatic carbocycles. The first-order valence-corrected chi connectivity index (χ1v) is 6.49. The molecule has 1 aromatic heterocycles. The average molecular weight is 280 g/mol. The fourth-order valence-corrected chi connectivity index (χ4v) is 1.77. The Kier molecular flexibility index (Phi) is 4.58. The van der Waals surface area contributed by atoms with Crippen molar-refractivity contribution < 1.29 is 4.39 Å². The normalized spacial score (nSPS) is 10.3. The van der Waals surface area contributed by atoms with Gasteiger partial charge < -0.3 is 10.6 Å². The molecule has 2 rings (SSSR count). The summed E-state index contributed by atoms with van der Waals surface area (Å²) >= 11 is 6.01. The molecule has 0 unspecified atom stereocenters. The SMILES string of the molecule is CCCNc1cc(Nc2cc(F)ccc2Cl)ccn1. The van der Waals surface area contributed by atoms with E-state index in [1.165, 1.54) is 18.2 Å². The van der Waals surface area contributed by atoms with Crippen molar-refractivity contribution in [2.75, 3.05) is 17.2 Å². The molecule has 100 valence electrons. The molecular formula is C14H15ClFN3. The number of nitrogens with one attached hydrogen (secondary N) is 2. The summed E-state index contributed by atoms with van der Waals surface area (Å²) in [5.74, 6) is 0.449. The van der Waals surface area contributed by atoms with E-state index < -0.39 is 0 Å². The molecule has 2 N–H and O–H groups in total. The van der Waals surface area contributed by atoms with Gasteiger partial charge in [0.1, 0.15) is 11.6 Å². The van der Waals surface area contributed by atoms with Crippen molar-refractivity contribution in [2.45, 2.75) is 13.3 Å². The Morgan fingerprint density at radius 2 is 2.11 bits per heavy atom. The number of pyridine rings is 1. The van der Waals surface area contributed by atoms with Gasteiger partial charge >= 0.3 is 0 Å². The van der Waals surface area contributed by atoms with E-state index in [9.17, 15) is 4.39 Å². The zero-order valence-corrected chi connectivity index (χ0v) is 11.3. The Labute approximate surface area is 116 Å². The summed E-state index contributed by atoms with van der Waals surface area (Å²) in [7, 11) is 0. The van der Waals surface area contributed by atoms with Crippen molar-refractivity contribution in [2.24, 2.45) is 0 Å². The lowest BCUT2D eigenvalue weighted by molar-refractivity contribution is 0.628. The lowest BCUT2D eigenvalue weighted by Gasteiger charge is -2.10. The molecule has 0 spiro atoms. The fourth-order valence-electron chi connectivity index (χ4n) is 1.61. The average Bonchev–Trinajstić information content (AvgIpc) is 2.41. The van der Waals surface area contributed by atoms with E-state index in [2.05, 4.69) is 22.5 Å². The highest BCUT2D eigenvalue weighted by Crippen LogP contribution is 2.26. The number of rotatable bonds is 5. The summed E-state index contributed by atoms with van der Waals surface area (Å²) in [5.41, 5.74) is 1.34. The van der Waals surface area contributed by atoms with Crippen LogP contribution in [0.3, 0.4) is 0 Å². The predicted molar refractivity (Wildman–Crippen MR) is 77.7 cm³/mol. The Balaban J connectivity index is 2.16. The van der Waals surface area contributed by atoms with E-state index in [4.69, 9.17) is 11.6 Å². The third-order valence-corrected chi connectivity index (χ3v) is 2.85. The van der Waals surface area contributed by atoms with Crippen LogP contribution in [0.2, 0.25) is 5.02 Å². The molecular weight excluding hydrogens is 265 g/mol. The molecule has 0 saturated carbocycles. The van der Waals surface area contributed by atoms with Crippen LogP contribution in [0.15, 0.2) is 36.5 Å². The molecule has 1 heterocycles. The lowest BCUT2D eigenvalue weighted by Crippen LogP contribution is -2.02. The van der Waals surface area contributed by atoms with Gasteiger partial charge in [-0.05, 0) is 30.7 Å². The zero-order chi connectivity index (χ0) is 13.7. The van der Waals surface area contributed by atoms with E-state index in [-0.39, 0.29) is 5.82 Å². The van der Waals surface area contributed by atoms with Gasteiger partial charge in [-0.25, -0.2) is 9.37 Å². The van der Waals surface area contributed by atoms with Gasteiger partial charge in [0.05, 0.1) is 10.7 Å². The van der Waals surface area contributed by atoms with Crippen LogP contribution in [0.4, 0.5) is 21.6 Å². The summed E-state index contributed by atoms with van der Waals surface area (Å²) in [6.07, 6.45) is 2.71. The first-order valence-electron chi connectivity index (χ1n) is 6.11. The van der Waals surface area contributed by atoms with Crippen LogP contribution < -0.4 is 10.6 Å². The molecule has 0 aliphatic carbocycles. The fraction of sp³-hybridized carbons (Fsp3) is 0.214. The van der Waals surface area contributed by atoms with Gasteiger partial charge in [-0.2, -0.15) is 0 Å². The maximum absolute atomic E-state index is 13.2. The Hall–Kier alpha value is -1.81. The van der Waals surface area contributed by atoms with Crippen LogP contribution in [-0.2, 0) is 0 Å². The van der Waals surface area contributed by atoms with E-state index in [0.717, 1.165) is 24.5 Å². The van der Waals surface area contributed by atoms with E-state index >= 15 is 0 Å². The number of halogens is 2. The molecule has 2 aromatic rings. The second-order valence-corrected chi connectivity index (χ2v) is 4.51. The highest BCUT2D eigenvalue weighted by atomic mass is 35.5. The molecule has 0 saturated heterocycles. The summed E-state index contributed by atoms with van der Waals surface area (Å²) in [5, 5.41) is 6.74. The first-order chi connectivity index (χ1) is 9.19. The summed E-state index contributed by atoms with van der Waals surface area (Å²) in [6, 6.07) is 7.88. The quantitative estimate of drug-likeness (QED) is 0.849. The monoisotopic (exact) mass is 279 g/mol. The molecule has 0 bridgehead atoms. The lowest BCUT2D eigenvalue weighted by atomic mass is 10.3. The molecule has 0 fully saturated rings. The van der Waals surface area contributed by atoms with Crippen molar-refractivity contribution in [1.82, 2.24) is 4.98 Å². The van der Waals surface area contributed by atoms with Gasteiger partial charge in [0.15, 0.2) is 0 Å². The Morgan fingerprint density at radius 1 is 1.26 bits per heavy atom. The number of aromatic nitrogens is 1. The largest absolute Gasteiger partial charge is 0.370 e. The van der Waals surface area contributed by atoms with Crippen molar-refractivity contribution >= 4 is 28.8 Å². The number of benzene rings is 1. The second-order valence-electron chi connectivity index (χ2n) is 4.11. The van der Waals surface area contributed by atoms with Gasteiger partial charge in [0, 0.05) is 24.5 Å². The van der Waals surface area contributed by atoms with Gasteiger partial charge in [0.2, 0.25) is 0 Å². The van der Waals surface area contributed by atoms with Crippen molar-refractivity contribution in [3.8, 4) is 0 Å². The van der Waals surface area contributed by atoms with Crippen LogP contribution >= 0.6 is 11.6 Å². The van der Waals surface area contributed by atoms with Gasteiger partial charge in [-0.3, -0.25) is 0 Å². The number of anilines is 3. The topological polar surface area (TPSA) is 37.0 Å². The minimum atomic E-state index is -0.328. The van der Waals surface area contributed by atoms with E-state index in [0.29, 0.717) is 10.7 Å². The zero-order valence-electron chi connectivity index (χ0n) is 10.6. The summed E-state index contributed by atoms with van der Waals surface area (Å²) < 4.78 is 13.2. The van der Waals surface area contributed by atoms with Crippen LogP contribution in [0, 0.1) is 5.82 Å². The molecule has 5 heteroatoms. The number of nitrogens with zero attached hydrogens (tertiary/aromatic N) is 1. The van der Waals surface area contributed by atoms with Crippen molar-refractivity contribution in [3.05, 3.63) is 47.4 Å². The van der Waals surface area contributed by atoms with Crippen LogP contribution in [-0.4, -0.2) is 11.5 Å². The van der Waals surface area contributed by atoms with Crippen LogP contribution in [0.5, 0.6) is 0 Å². The van der Waals surface area contributed by atoms with Crippen molar-refractivity contribution in [1.29, 1.82) is 0 Å². The third kappa shape index (κ3) is 3.83. The molecule has 0 aliphatic heterocycles. The smallest absolute Gasteiger partial charge is 0.127 e. The maximum atomic E-state index is 13.2. The first kappa shape index (κ1) is 13.6. The molecule has 3 nitrogen and oxygen atoms in total. The number of hydrogen-bond acceptors (Lipinski definition) is 3. The standard InChI is InChI=1S/C14H15ClFN3/c1-2-6-17-14-9-11(5-7-18-14)19-13-8-10(16)3-4-12(13)15/h3-5,7-9H,2,6H2,1H3,(H2,17,18,19). The third-order valence-electron chi connectivity index (χ3n) is 2.52. The minimum absolute atomic E-state index is 0.328. The molecule has 19 heavy (non-hydrogen) atoms.